The van der Waals surface area contributed by atoms with Crippen molar-refractivity contribution in [1.29, 1.82) is 0 Å². The predicted molar refractivity (Wildman–Crippen MR) is 42.4 cm³/mol. The summed E-state index contributed by atoms with van der Waals surface area (Å²) in [6.07, 6.45) is -0.248. The van der Waals surface area contributed by atoms with Crippen LogP contribution in [0.4, 0.5) is 0 Å². The molecule has 2 aliphatic rings. The minimum atomic E-state index is -0.589. The molecule has 1 aliphatic heterocycles. The number of aliphatic hydroxyl groups excluding tert-OH is 1. The molecule has 1 saturated heterocycles. The fraction of sp³-hybridized carbons (Fsp3) is 1.00. The molecule has 2 unspecified atom stereocenters. The first-order valence-corrected chi connectivity index (χ1v) is 4.29. The number of hydrogen-bond donors (Lipinski definition) is 2. The van der Waals surface area contributed by atoms with Crippen LogP contribution in [0.25, 0.3) is 0 Å². The van der Waals surface area contributed by atoms with E-state index in [1.165, 1.54) is 0 Å². The molecule has 1 saturated carbocycles. The van der Waals surface area contributed by atoms with E-state index in [0.717, 1.165) is 0 Å². The number of rotatable bonds is 0. The molecule has 4 atom stereocenters. The van der Waals surface area contributed by atoms with Crippen molar-refractivity contribution in [1.82, 2.24) is 0 Å². The van der Waals surface area contributed by atoms with E-state index in [-0.39, 0.29) is 18.2 Å². The van der Waals surface area contributed by atoms with Gasteiger partial charge in [-0.3, -0.25) is 0 Å². The Labute approximate surface area is 71.6 Å². The quantitative estimate of drug-likeness (QED) is 0.523. The van der Waals surface area contributed by atoms with Crippen LogP contribution in [0, 0.1) is 0 Å². The average Bonchev–Trinajstić information content (AvgIpc) is 2.34. The molecular formula is C8H15NO3. The molecule has 1 heterocycles. The molecule has 0 aromatic heterocycles. The first-order chi connectivity index (χ1) is 5.49. The second-order valence-corrected chi connectivity index (χ2v) is 4.03. The fourth-order valence-corrected chi connectivity index (χ4v) is 1.99. The van der Waals surface area contributed by atoms with E-state index in [1.54, 1.807) is 0 Å². The number of hydrogen-bond acceptors (Lipinski definition) is 4. The number of fused-ring (bicyclic) bond motifs is 1. The largest absolute Gasteiger partial charge is 0.390 e. The lowest BCUT2D eigenvalue weighted by atomic mass is 10.2. The van der Waals surface area contributed by atoms with Crippen molar-refractivity contribution in [3.05, 3.63) is 0 Å². The van der Waals surface area contributed by atoms with Gasteiger partial charge in [-0.2, -0.15) is 0 Å². The van der Waals surface area contributed by atoms with Gasteiger partial charge in [0.25, 0.3) is 0 Å². The summed E-state index contributed by atoms with van der Waals surface area (Å²) in [5.41, 5.74) is 5.77. The van der Waals surface area contributed by atoms with Gasteiger partial charge in [-0.15, -0.1) is 0 Å². The van der Waals surface area contributed by atoms with E-state index in [1.807, 2.05) is 13.8 Å². The summed E-state index contributed by atoms with van der Waals surface area (Å²) in [5.74, 6) is -0.589. The average molecular weight is 173 g/mol. The maximum Gasteiger partial charge on any atom is 0.163 e. The van der Waals surface area contributed by atoms with Crippen LogP contribution in [-0.4, -0.2) is 35.2 Å². The Morgan fingerprint density at radius 2 is 1.92 bits per heavy atom. The summed E-state index contributed by atoms with van der Waals surface area (Å²) in [4.78, 5) is 0. The van der Waals surface area contributed by atoms with Gasteiger partial charge in [0, 0.05) is 6.04 Å². The maximum atomic E-state index is 9.52. The fourth-order valence-electron chi connectivity index (χ4n) is 1.99. The Morgan fingerprint density at radius 3 is 2.50 bits per heavy atom. The SMILES string of the molecule is CC1(C)O[C@@H]2C(O)CC(N)[C@@H]2O1. The van der Waals surface area contributed by atoms with Crippen LogP contribution in [0.1, 0.15) is 20.3 Å². The van der Waals surface area contributed by atoms with Crippen molar-refractivity contribution in [2.75, 3.05) is 0 Å². The topological polar surface area (TPSA) is 64.7 Å². The van der Waals surface area contributed by atoms with Crippen molar-refractivity contribution in [3.8, 4) is 0 Å². The number of ether oxygens (including phenoxy) is 2. The van der Waals surface area contributed by atoms with Gasteiger partial charge in [-0.1, -0.05) is 0 Å². The maximum absolute atomic E-state index is 9.52. The van der Waals surface area contributed by atoms with Crippen LogP contribution in [0.5, 0.6) is 0 Å². The Balaban J connectivity index is 2.15. The molecule has 4 heteroatoms. The van der Waals surface area contributed by atoms with Gasteiger partial charge in [0.15, 0.2) is 5.79 Å². The van der Waals surface area contributed by atoms with Gasteiger partial charge in [-0.05, 0) is 20.3 Å². The Hall–Kier alpha value is -0.160. The summed E-state index contributed by atoms with van der Waals surface area (Å²) < 4.78 is 11.1. The zero-order chi connectivity index (χ0) is 8.93. The zero-order valence-corrected chi connectivity index (χ0v) is 7.36. The molecule has 2 fully saturated rings. The van der Waals surface area contributed by atoms with Crippen molar-refractivity contribution in [2.24, 2.45) is 5.73 Å². The van der Waals surface area contributed by atoms with E-state index < -0.39 is 11.9 Å². The van der Waals surface area contributed by atoms with Crippen LogP contribution in [0.15, 0.2) is 0 Å². The lowest BCUT2D eigenvalue weighted by molar-refractivity contribution is -0.163. The molecule has 0 radical (unpaired) electrons. The van der Waals surface area contributed by atoms with Crippen molar-refractivity contribution >= 4 is 0 Å². The molecular weight excluding hydrogens is 158 g/mol. The van der Waals surface area contributed by atoms with Gasteiger partial charge in [0.1, 0.15) is 12.2 Å². The van der Waals surface area contributed by atoms with Gasteiger partial charge in [-0.25, -0.2) is 0 Å². The molecule has 12 heavy (non-hydrogen) atoms. The van der Waals surface area contributed by atoms with Gasteiger partial charge < -0.3 is 20.3 Å². The third-order valence-electron chi connectivity index (χ3n) is 2.48. The minimum Gasteiger partial charge on any atom is -0.390 e. The van der Waals surface area contributed by atoms with Crippen LogP contribution in [-0.2, 0) is 9.47 Å². The number of aliphatic hydroxyl groups is 1. The van der Waals surface area contributed by atoms with E-state index >= 15 is 0 Å². The highest BCUT2D eigenvalue weighted by molar-refractivity contribution is 5.00. The molecule has 2 rings (SSSR count). The molecule has 3 N–H and O–H groups in total. The predicted octanol–water partition coefficient (Wildman–Crippen LogP) is -0.402. The van der Waals surface area contributed by atoms with E-state index in [0.29, 0.717) is 6.42 Å². The highest BCUT2D eigenvalue weighted by atomic mass is 16.8. The zero-order valence-electron chi connectivity index (χ0n) is 7.36. The molecule has 0 spiro atoms. The molecule has 0 aromatic rings. The van der Waals surface area contributed by atoms with Gasteiger partial charge in [0.2, 0.25) is 0 Å². The lowest BCUT2D eigenvalue weighted by Crippen LogP contribution is -2.35. The Bertz CT molecular complexity index is 177. The van der Waals surface area contributed by atoms with Crippen LogP contribution >= 0.6 is 0 Å². The minimum absolute atomic E-state index is 0.0909. The Morgan fingerprint density at radius 1 is 1.33 bits per heavy atom. The van der Waals surface area contributed by atoms with E-state index in [4.69, 9.17) is 15.2 Å². The van der Waals surface area contributed by atoms with Crippen LogP contribution < -0.4 is 5.73 Å². The third kappa shape index (κ3) is 1.15. The molecule has 0 aromatic carbocycles. The first-order valence-electron chi connectivity index (χ1n) is 4.29. The van der Waals surface area contributed by atoms with Gasteiger partial charge >= 0.3 is 0 Å². The summed E-state index contributed by atoms with van der Waals surface area (Å²) in [6, 6.07) is -0.0909. The smallest absolute Gasteiger partial charge is 0.163 e. The van der Waals surface area contributed by atoms with Crippen molar-refractivity contribution < 1.29 is 14.6 Å². The highest BCUT2D eigenvalue weighted by Crippen LogP contribution is 2.37. The highest BCUT2D eigenvalue weighted by Gasteiger charge is 2.52. The van der Waals surface area contributed by atoms with Crippen molar-refractivity contribution in [3.63, 3.8) is 0 Å². The summed E-state index contributed by atoms with van der Waals surface area (Å²) in [5, 5.41) is 9.52. The standard InChI is InChI=1S/C8H15NO3/c1-8(2)11-6-4(9)3-5(10)7(6)12-8/h4-7,10H,3,9H2,1-2H3/t4?,5?,6-,7+/m0/s1. The number of nitrogens with two attached hydrogens (primary N) is 1. The molecule has 0 amide bonds. The van der Waals surface area contributed by atoms with Crippen LogP contribution in [0.3, 0.4) is 0 Å². The summed E-state index contributed by atoms with van der Waals surface area (Å²) >= 11 is 0. The summed E-state index contributed by atoms with van der Waals surface area (Å²) in [7, 11) is 0. The first kappa shape index (κ1) is 8.44. The molecule has 1 aliphatic carbocycles. The van der Waals surface area contributed by atoms with Crippen LogP contribution in [0.2, 0.25) is 0 Å². The van der Waals surface area contributed by atoms with Gasteiger partial charge in [0.05, 0.1) is 6.10 Å². The monoisotopic (exact) mass is 173 g/mol. The van der Waals surface area contributed by atoms with Crippen molar-refractivity contribution in [2.45, 2.75) is 50.4 Å². The van der Waals surface area contributed by atoms with E-state index in [2.05, 4.69) is 0 Å². The Kier molecular flexibility index (Phi) is 1.70. The normalized spacial score (nSPS) is 51.0. The second kappa shape index (κ2) is 2.42. The molecule has 70 valence electrons. The van der Waals surface area contributed by atoms with E-state index in [9.17, 15) is 5.11 Å². The summed E-state index contributed by atoms with van der Waals surface area (Å²) in [6.45, 7) is 3.68. The molecule has 0 bridgehead atoms. The third-order valence-corrected chi connectivity index (χ3v) is 2.48. The molecule has 4 nitrogen and oxygen atoms in total. The lowest BCUT2D eigenvalue weighted by Gasteiger charge is -2.20. The second-order valence-electron chi connectivity index (χ2n) is 4.03.